The lowest BCUT2D eigenvalue weighted by Crippen LogP contribution is -2.05. The van der Waals surface area contributed by atoms with E-state index < -0.39 is 0 Å². The zero-order chi connectivity index (χ0) is 16.1. The predicted molar refractivity (Wildman–Crippen MR) is 97.2 cm³/mol. The molecule has 0 bridgehead atoms. The molecule has 3 aromatic rings. The van der Waals surface area contributed by atoms with Gasteiger partial charge in [0.25, 0.3) is 0 Å². The quantitative estimate of drug-likeness (QED) is 0.444. The second-order valence-electron chi connectivity index (χ2n) is 5.26. The minimum atomic E-state index is 0.760. The number of methoxy groups -OCH3 is 1. The molecule has 1 aromatic heterocycles. The number of halogens is 1. The van der Waals surface area contributed by atoms with Gasteiger partial charge >= 0.3 is 0 Å². The number of imidazole rings is 1. The minimum absolute atomic E-state index is 0.760. The number of aromatic nitrogens is 2. The fourth-order valence-corrected chi connectivity index (χ4v) is 3.50. The molecular weight excluding hydrogens is 328 g/mol. The topological polar surface area (TPSA) is 27.1 Å². The fraction of sp³-hybridized carbons (Fsp3) is 0.278. The van der Waals surface area contributed by atoms with Crippen molar-refractivity contribution in [3.05, 3.63) is 59.4 Å². The summed E-state index contributed by atoms with van der Waals surface area (Å²) in [5, 5.41) is 0.765. The SMILES string of the molecule is COCCCn1c(CSc2ccc(Cl)cc2)nc2ccccc21. The van der Waals surface area contributed by atoms with E-state index in [0.29, 0.717) is 0 Å². The summed E-state index contributed by atoms with van der Waals surface area (Å²) in [7, 11) is 1.74. The molecule has 0 spiro atoms. The molecule has 0 saturated carbocycles. The summed E-state index contributed by atoms with van der Waals surface area (Å²) in [6, 6.07) is 16.2. The molecule has 0 saturated heterocycles. The van der Waals surface area contributed by atoms with Crippen LogP contribution in [-0.4, -0.2) is 23.3 Å². The van der Waals surface area contributed by atoms with Gasteiger partial charge in [0, 0.05) is 30.2 Å². The van der Waals surface area contributed by atoms with Crippen LogP contribution >= 0.6 is 23.4 Å². The van der Waals surface area contributed by atoms with Crippen molar-refractivity contribution in [3.63, 3.8) is 0 Å². The van der Waals surface area contributed by atoms with Crippen molar-refractivity contribution in [2.24, 2.45) is 0 Å². The monoisotopic (exact) mass is 346 g/mol. The lowest BCUT2D eigenvalue weighted by atomic mass is 10.3. The van der Waals surface area contributed by atoms with E-state index in [1.807, 2.05) is 30.3 Å². The Kier molecular flexibility index (Phi) is 5.60. The highest BCUT2D eigenvalue weighted by molar-refractivity contribution is 7.98. The van der Waals surface area contributed by atoms with Crippen LogP contribution in [0, 0.1) is 0 Å². The highest BCUT2D eigenvalue weighted by atomic mass is 35.5. The Bertz CT molecular complexity index is 770. The van der Waals surface area contributed by atoms with E-state index in [4.69, 9.17) is 21.3 Å². The van der Waals surface area contributed by atoms with E-state index in [9.17, 15) is 0 Å². The second kappa shape index (κ2) is 7.86. The third-order valence-electron chi connectivity index (χ3n) is 3.65. The average molecular weight is 347 g/mol. The first-order chi connectivity index (χ1) is 11.3. The summed E-state index contributed by atoms with van der Waals surface area (Å²) in [6.07, 6.45) is 0.982. The van der Waals surface area contributed by atoms with E-state index >= 15 is 0 Å². The summed E-state index contributed by atoms with van der Waals surface area (Å²) in [4.78, 5) is 6.00. The van der Waals surface area contributed by atoms with Crippen LogP contribution in [0.3, 0.4) is 0 Å². The van der Waals surface area contributed by atoms with Crippen molar-refractivity contribution in [1.82, 2.24) is 9.55 Å². The molecule has 0 fully saturated rings. The molecule has 2 aromatic carbocycles. The van der Waals surface area contributed by atoms with Crippen LogP contribution in [0.4, 0.5) is 0 Å². The molecule has 3 rings (SSSR count). The zero-order valence-electron chi connectivity index (χ0n) is 13.0. The molecule has 0 N–H and O–H groups in total. The van der Waals surface area contributed by atoms with Gasteiger partial charge in [0.2, 0.25) is 0 Å². The normalized spacial score (nSPS) is 11.2. The van der Waals surface area contributed by atoms with Gasteiger partial charge in [-0.15, -0.1) is 11.8 Å². The van der Waals surface area contributed by atoms with E-state index in [-0.39, 0.29) is 0 Å². The van der Waals surface area contributed by atoms with Crippen LogP contribution in [0.15, 0.2) is 53.4 Å². The summed E-state index contributed by atoms with van der Waals surface area (Å²) in [5.74, 6) is 1.94. The van der Waals surface area contributed by atoms with Crippen LogP contribution in [-0.2, 0) is 17.0 Å². The van der Waals surface area contributed by atoms with Gasteiger partial charge in [-0.05, 0) is 42.8 Å². The number of aryl methyl sites for hydroxylation is 1. The number of para-hydroxylation sites is 2. The van der Waals surface area contributed by atoms with Gasteiger partial charge in [0.05, 0.1) is 16.8 Å². The van der Waals surface area contributed by atoms with E-state index in [2.05, 4.69) is 22.8 Å². The Morgan fingerprint density at radius 1 is 1.13 bits per heavy atom. The van der Waals surface area contributed by atoms with Crippen LogP contribution in [0.2, 0.25) is 5.02 Å². The van der Waals surface area contributed by atoms with E-state index in [1.165, 1.54) is 10.4 Å². The maximum Gasteiger partial charge on any atom is 0.120 e. The molecule has 0 radical (unpaired) electrons. The highest BCUT2D eigenvalue weighted by Gasteiger charge is 2.10. The Balaban J connectivity index is 1.80. The predicted octanol–water partition coefficient (Wildman–Crippen LogP) is 5.02. The molecule has 120 valence electrons. The maximum atomic E-state index is 5.94. The minimum Gasteiger partial charge on any atom is -0.385 e. The number of rotatable bonds is 7. The number of benzene rings is 2. The molecule has 0 unspecified atom stereocenters. The Morgan fingerprint density at radius 2 is 1.91 bits per heavy atom. The zero-order valence-corrected chi connectivity index (χ0v) is 14.6. The third-order valence-corrected chi connectivity index (χ3v) is 4.91. The molecule has 3 nitrogen and oxygen atoms in total. The van der Waals surface area contributed by atoms with Crippen molar-refractivity contribution >= 4 is 34.4 Å². The highest BCUT2D eigenvalue weighted by Crippen LogP contribution is 2.26. The van der Waals surface area contributed by atoms with Gasteiger partial charge in [0.15, 0.2) is 0 Å². The van der Waals surface area contributed by atoms with Gasteiger partial charge in [0.1, 0.15) is 5.82 Å². The number of ether oxygens (including phenoxy) is 1. The molecular formula is C18H19ClN2OS. The molecule has 0 aliphatic rings. The van der Waals surface area contributed by atoms with Crippen LogP contribution in [0.5, 0.6) is 0 Å². The van der Waals surface area contributed by atoms with Crippen molar-refractivity contribution in [2.75, 3.05) is 13.7 Å². The first-order valence-corrected chi connectivity index (χ1v) is 8.96. The summed E-state index contributed by atoms with van der Waals surface area (Å²) in [5.41, 5.74) is 2.24. The Labute approximate surface area is 145 Å². The number of hydrogen-bond acceptors (Lipinski definition) is 3. The standard InChI is InChI=1S/C18H19ClN2OS/c1-22-12-4-11-21-17-6-3-2-5-16(17)20-18(21)13-23-15-9-7-14(19)8-10-15/h2-3,5-10H,4,11-13H2,1H3. The summed E-state index contributed by atoms with van der Waals surface area (Å²) in [6.45, 7) is 1.68. The van der Waals surface area contributed by atoms with Crippen molar-refractivity contribution in [1.29, 1.82) is 0 Å². The molecule has 0 amide bonds. The number of fused-ring (bicyclic) bond motifs is 1. The largest absolute Gasteiger partial charge is 0.385 e. The lowest BCUT2D eigenvalue weighted by Gasteiger charge is -2.09. The molecule has 0 aliphatic heterocycles. The van der Waals surface area contributed by atoms with Crippen LogP contribution in [0.25, 0.3) is 11.0 Å². The van der Waals surface area contributed by atoms with Crippen LogP contribution in [0.1, 0.15) is 12.2 Å². The van der Waals surface area contributed by atoms with Crippen molar-refractivity contribution in [3.8, 4) is 0 Å². The molecule has 1 heterocycles. The Hall–Kier alpha value is -1.49. The van der Waals surface area contributed by atoms with Gasteiger partial charge < -0.3 is 9.30 Å². The number of hydrogen-bond donors (Lipinski definition) is 0. The van der Waals surface area contributed by atoms with Crippen molar-refractivity contribution < 1.29 is 4.74 Å². The second-order valence-corrected chi connectivity index (χ2v) is 6.74. The summed E-state index contributed by atoms with van der Waals surface area (Å²) < 4.78 is 7.48. The first-order valence-electron chi connectivity index (χ1n) is 7.59. The molecule has 5 heteroatoms. The summed E-state index contributed by atoms with van der Waals surface area (Å²) >= 11 is 7.72. The third kappa shape index (κ3) is 4.08. The van der Waals surface area contributed by atoms with Gasteiger partial charge in [-0.25, -0.2) is 4.98 Å². The van der Waals surface area contributed by atoms with Gasteiger partial charge in [-0.3, -0.25) is 0 Å². The molecule has 0 atom stereocenters. The fourth-order valence-electron chi connectivity index (χ4n) is 2.53. The first kappa shape index (κ1) is 16.4. The lowest BCUT2D eigenvalue weighted by molar-refractivity contribution is 0.190. The van der Waals surface area contributed by atoms with Gasteiger partial charge in [-0.1, -0.05) is 23.7 Å². The maximum absolute atomic E-state index is 5.94. The Morgan fingerprint density at radius 3 is 2.70 bits per heavy atom. The molecule has 23 heavy (non-hydrogen) atoms. The number of nitrogens with zero attached hydrogens (tertiary/aromatic N) is 2. The smallest absolute Gasteiger partial charge is 0.120 e. The van der Waals surface area contributed by atoms with Gasteiger partial charge in [-0.2, -0.15) is 0 Å². The molecule has 0 aliphatic carbocycles. The average Bonchev–Trinajstić information content (AvgIpc) is 2.93. The van der Waals surface area contributed by atoms with Crippen molar-refractivity contribution in [2.45, 2.75) is 23.6 Å². The van der Waals surface area contributed by atoms with E-state index in [0.717, 1.165) is 41.7 Å². The van der Waals surface area contributed by atoms with E-state index in [1.54, 1.807) is 18.9 Å². The number of thioether (sulfide) groups is 1. The van der Waals surface area contributed by atoms with Crippen LogP contribution < -0.4 is 0 Å².